The van der Waals surface area contributed by atoms with Crippen molar-refractivity contribution >= 4 is 21.7 Å². The Morgan fingerprint density at radius 3 is 2.52 bits per heavy atom. The minimum absolute atomic E-state index is 0.0202. The van der Waals surface area contributed by atoms with Crippen LogP contribution in [0.5, 0.6) is 0 Å². The second kappa shape index (κ2) is 5.73. The molecule has 3 N–H and O–H groups in total. The molecule has 3 aromatic rings. The molecular formula is C15H14N4O3S. The summed E-state index contributed by atoms with van der Waals surface area (Å²) in [7, 11) is -3.79. The van der Waals surface area contributed by atoms with Crippen LogP contribution in [0.3, 0.4) is 0 Å². The van der Waals surface area contributed by atoms with Gasteiger partial charge >= 0.3 is 0 Å². The Kier molecular flexibility index (Phi) is 3.75. The van der Waals surface area contributed by atoms with Crippen molar-refractivity contribution in [1.82, 2.24) is 9.97 Å². The Hall–Kier alpha value is -2.87. The number of benzene rings is 1. The second-order valence-corrected chi connectivity index (χ2v) is 6.55. The van der Waals surface area contributed by atoms with Crippen LogP contribution >= 0.6 is 0 Å². The standard InChI is InChI=1S/C15H14N4O3S/c1-10-9-13(14-3-2-8-22-14)18-15(17-10)19-23(20,21)12-6-4-11(16)5-7-12/h2-9H,16H2,1H3,(H,17,18,19). The molecule has 0 aliphatic rings. The smallest absolute Gasteiger partial charge is 0.264 e. The van der Waals surface area contributed by atoms with Crippen LogP contribution in [0.15, 0.2) is 58.0 Å². The number of nitrogens with two attached hydrogens (primary N) is 1. The summed E-state index contributed by atoms with van der Waals surface area (Å²) in [5, 5.41) is 0. The van der Waals surface area contributed by atoms with Gasteiger partial charge in [-0.15, -0.1) is 0 Å². The highest BCUT2D eigenvalue weighted by molar-refractivity contribution is 7.92. The molecule has 1 aromatic carbocycles. The Bertz CT molecular complexity index is 920. The van der Waals surface area contributed by atoms with E-state index >= 15 is 0 Å². The summed E-state index contributed by atoms with van der Waals surface area (Å²) >= 11 is 0. The lowest BCUT2D eigenvalue weighted by molar-refractivity contribution is 0.579. The Labute approximate surface area is 133 Å². The van der Waals surface area contributed by atoms with E-state index in [0.717, 1.165) is 0 Å². The lowest BCUT2D eigenvalue weighted by Crippen LogP contribution is -2.15. The molecule has 0 atom stereocenters. The summed E-state index contributed by atoms with van der Waals surface area (Å²) in [6.45, 7) is 1.75. The van der Waals surface area contributed by atoms with E-state index in [4.69, 9.17) is 10.2 Å². The molecule has 0 fully saturated rings. The van der Waals surface area contributed by atoms with Crippen LogP contribution in [0.2, 0.25) is 0 Å². The summed E-state index contributed by atoms with van der Waals surface area (Å²) < 4.78 is 32.4. The van der Waals surface area contributed by atoms with Crippen LogP contribution in [-0.2, 0) is 10.0 Å². The van der Waals surface area contributed by atoms with Crippen LogP contribution in [0, 0.1) is 6.92 Å². The largest absolute Gasteiger partial charge is 0.463 e. The number of hydrogen-bond acceptors (Lipinski definition) is 6. The molecule has 0 amide bonds. The van der Waals surface area contributed by atoms with E-state index in [-0.39, 0.29) is 10.8 Å². The molecule has 0 radical (unpaired) electrons. The molecule has 0 saturated carbocycles. The van der Waals surface area contributed by atoms with E-state index < -0.39 is 10.0 Å². The van der Waals surface area contributed by atoms with Crippen molar-refractivity contribution in [3.63, 3.8) is 0 Å². The predicted molar refractivity (Wildman–Crippen MR) is 86.1 cm³/mol. The number of sulfonamides is 1. The van der Waals surface area contributed by atoms with Gasteiger partial charge in [0.1, 0.15) is 5.69 Å². The van der Waals surface area contributed by atoms with Gasteiger partial charge in [0.2, 0.25) is 5.95 Å². The molecule has 0 aliphatic carbocycles. The first kappa shape index (κ1) is 15.0. The fourth-order valence-electron chi connectivity index (χ4n) is 1.99. The topological polar surface area (TPSA) is 111 Å². The molecule has 0 aliphatic heterocycles. The highest BCUT2D eigenvalue weighted by atomic mass is 32.2. The fraction of sp³-hybridized carbons (Fsp3) is 0.0667. The molecule has 8 heteroatoms. The summed E-state index contributed by atoms with van der Waals surface area (Å²) in [5.41, 5.74) is 7.16. The first-order chi connectivity index (χ1) is 10.9. The SMILES string of the molecule is Cc1cc(-c2ccco2)nc(NS(=O)(=O)c2ccc(N)cc2)n1. The normalized spacial score (nSPS) is 11.3. The zero-order valence-electron chi connectivity index (χ0n) is 12.2. The van der Waals surface area contributed by atoms with Gasteiger partial charge in [0.05, 0.1) is 11.2 Å². The van der Waals surface area contributed by atoms with Crippen molar-refractivity contribution < 1.29 is 12.8 Å². The van der Waals surface area contributed by atoms with E-state index in [9.17, 15) is 8.42 Å². The number of aromatic nitrogens is 2. The maximum absolute atomic E-state index is 12.4. The monoisotopic (exact) mass is 330 g/mol. The minimum atomic E-state index is -3.79. The van der Waals surface area contributed by atoms with Gasteiger partial charge < -0.3 is 10.2 Å². The predicted octanol–water partition coefficient (Wildman–Crippen LogP) is 2.43. The fourth-order valence-corrected chi connectivity index (χ4v) is 2.93. The number of nitrogens with zero attached hydrogens (tertiary/aromatic N) is 2. The van der Waals surface area contributed by atoms with Crippen molar-refractivity contribution in [2.45, 2.75) is 11.8 Å². The van der Waals surface area contributed by atoms with Crippen LogP contribution in [-0.4, -0.2) is 18.4 Å². The minimum Gasteiger partial charge on any atom is -0.463 e. The number of aryl methyl sites for hydroxylation is 1. The van der Waals surface area contributed by atoms with Gasteiger partial charge in [-0.3, -0.25) is 0 Å². The number of nitrogen functional groups attached to an aromatic ring is 1. The maximum atomic E-state index is 12.4. The van der Waals surface area contributed by atoms with Gasteiger partial charge in [-0.1, -0.05) is 0 Å². The maximum Gasteiger partial charge on any atom is 0.264 e. The van der Waals surface area contributed by atoms with Gasteiger partial charge in [0.15, 0.2) is 5.76 Å². The van der Waals surface area contributed by atoms with Crippen molar-refractivity contribution in [2.24, 2.45) is 0 Å². The van der Waals surface area contributed by atoms with Crippen molar-refractivity contribution in [2.75, 3.05) is 10.5 Å². The molecule has 3 rings (SSSR count). The third kappa shape index (κ3) is 3.32. The highest BCUT2D eigenvalue weighted by Gasteiger charge is 2.17. The summed E-state index contributed by atoms with van der Waals surface area (Å²) in [4.78, 5) is 8.37. The van der Waals surface area contributed by atoms with Crippen molar-refractivity contribution in [1.29, 1.82) is 0 Å². The van der Waals surface area contributed by atoms with E-state index in [1.165, 1.54) is 30.5 Å². The van der Waals surface area contributed by atoms with E-state index in [0.29, 0.717) is 22.8 Å². The number of nitrogens with one attached hydrogen (secondary N) is 1. The molecule has 0 bridgehead atoms. The van der Waals surface area contributed by atoms with Crippen LogP contribution in [0.25, 0.3) is 11.5 Å². The molecule has 118 valence electrons. The first-order valence-corrected chi connectivity index (χ1v) is 8.20. The van der Waals surface area contributed by atoms with Gasteiger partial charge in [0.25, 0.3) is 10.0 Å². The lowest BCUT2D eigenvalue weighted by atomic mass is 10.3. The van der Waals surface area contributed by atoms with Crippen LogP contribution < -0.4 is 10.5 Å². The van der Waals surface area contributed by atoms with E-state index in [1.54, 1.807) is 25.1 Å². The van der Waals surface area contributed by atoms with Gasteiger partial charge in [-0.2, -0.15) is 0 Å². The number of hydrogen-bond donors (Lipinski definition) is 2. The third-order valence-electron chi connectivity index (χ3n) is 3.04. The Morgan fingerprint density at radius 2 is 1.87 bits per heavy atom. The molecular weight excluding hydrogens is 316 g/mol. The van der Waals surface area contributed by atoms with Gasteiger partial charge in [0, 0.05) is 11.4 Å². The van der Waals surface area contributed by atoms with Gasteiger partial charge in [-0.05, 0) is 49.4 Å². The highest BCUT2D eigenvalue weighted by Crippen LogP contribution is 2.21. The third-order valence-corrected chi connectivity index (χ3v) is 4.39. The van der Waals surface area contributed by atoms with Crippen LogP contribution in [0.1, 0.15) is 5.69 Å². The average molecular weight is 330 g/mol. The summed E-state index contributed by atoms with van der Waals surface area (Å²) in [5.74, 6) is 0.511. The number of rotatable bonds is 4. The molecule has 2 heterocycles. The Morgan fingerprint density at radius 1 is 1.13 bits per heavy atom. The van der Waals surface area contributed by atoms with Crippen molar-refractivity contribution in [3.8, 4) is 11.5 Å². The van der Waals surface area contributed by atoms with Crippen LogP contribution in [0.4, 0.5) is 11.6 Å². The second-order valence-electron chi connectivity index (χ2n) is 4.87. The zero-order valence-corrected chi connectivity index (χ0v) is 13.0. The average Bonchev–Trinajstić information content (AvgIpc) is 3.00. The quantitative estimate of drug-likeness (QED) is 0.711. The number of furan rings is 1. The van der Waals surface area contributed by atoms with E-state index in [1.807, 2.05) is 0 Å². The molecule has 0 spiro atoms. The zero-order chi connectivity index (χ0) is 16.4. The van der Waals surface area contributed by atoms with E-state index in [2.05, 4.69) is 14.7 Å². The lowest BCUT2D eigenvalue weighted by Gasteiger charge is -2.08. The molecule has 2 aromatic heterocycles. The number of anilines is 2. The van der Waals surface area contributed by atoms with Crippen molar-refractivity contribution in [3.05, 3.63) is 54.4 Å². The Balaban J connectivity index is 1.95. The molecule has 0 unspecified atom stereocenters. The summed E-state index contributed by atoms with van der Waals surface area (Å²) in [6.07, 6.45) is 1.52. The van der Waals surface area contributed by atoms with Gasteiger partial charge in [-0.25, -0.2) is 23.1 Å². The molecule has 23 heavy (non-hydrogen) atoms. The summed E-state index contributed by atoms with van der Waals surface area (Å²) in [6, 6.07) is 11.0. The molecule has 7 nitrogen and oxygen atoms in total. The first-order valence-electron chi connectivity index (χ1n) is 6.72. The molecule has 0 saturated heterocycles.